The zero-order chi connectivity index (χ0) is 18.9. The highest BCUT2D eigenvalue weighted by molar-refractivity contribution is 7.90. The summed E-state index contributed by atoms with van der Waals surface area (Å²) in [4.78, 5) is 10.6. The van der Waals surface area contributed by atoms with Gasteiger partial charge in [0.15, 0.2) is 5.82 Å². The maximum Gasteiger partial charge on any atom is 0.419 e. The molecule has 0 spiro atoms. The van der Waals surface area contributed by atoms with E-state index in [0.717, 1.165) is 6.07 Å². The second kappa shape index (κ2) is 7.16. The molecule has 3 N–H and O–H groups in total. The third-order valence-corrected chi connectivity index (χ3v) is 4.66. The summed E-state index contributed by atoms with van der Waals surface area (Å²) in [5, 5.41) is 10.2. The summed E-state index contributed by atoms with van der Waals surface area (Å²) < 4.78 is 66.8. The Morgan fingerprint density at radius 2 is 1.83 bits per heavy atom. The summed E-state index contributed by atoms with van der Waals surface area (Å²) in [6.45, 7) is 6.46. The van der Waals surface area contributed by atoms with Gasteiger partial charge >= 0.3 is 12.3 Å². The minimum absolute atomic E-state index is 0.0509. The maximum atomic E-state index is 13.9. The van der Waals surface area contributed by atoms with Crippen LogP contribution in [0.25, 0.3) is 0 Å². The third-order valence-electron chi connectivity index (χ3n) is 2.98. The zero-order valence-electron chi connectivity index (χ0n) is 13.4. The Labute approximate surface area is 139 Å². The molecular formula is C14H18F4N2O3S. The molecule has 0 aliphatic rings. The van der Waals surface area contributed by atoms with Gasteiger partial charge in [0.05, 0.1) is 17.3 Å². The Hall–Kier alpha value is -1.52. The first-order valence-corrected chi connectivity index (χ1v) is 7.97. The summed E-state index contributed by atoms with van der Waals surface area (Å²) in [5.74, 6) is -1.71. The third kappa shape index (κ3) is 5.25. The molecular weight excluding hydrogens is 352 g/mol. The number of benzene rings is 1. The van der Waals surface area contributed by atoms with Crippen LogP contribution in [0, 0.1) is 5.82 Å². The molecule has 5 nitrogen and oxygen atoms in total. The molecule has 0 aromatic heterocycles. The molecule has 0 radical (unpaired) electrons. The van der Waals surface area contributed by atoms with E-state index in [2.05, 4.69) is 4.72 Å². The first-order valence-electron chi connectivity index (χ1n) is 6.82. The summed E-state index contributed by atoms with van der Waals surface area (Å²) in [6, 6.07) is 0.678. The summed E-state index contributed by atoms with van der Waals surface area (Å²) in [7, 11) is 0. The lowest BCUT2D eigenvalue weighted by Crippen LogP contribution is -2.40. The molecule has 0 bridgehead atoms. The molecule has 1 aromatic rings. The first-order chi connectivity index (χ1) is 10.7. The quantitative estimate of drug-likeness (QED) is 0.551. The highest BCUT2D eigenvalue weighted by Crippen LogP contribution is 2.36. The normalized spacial score (nSPS) is 15.0. The van der Waals surface area contributed by atoms with Crippen molar-refractivity contribution in [2.45, 2.75) is 44.7 Å². The van der Waals surface area contributed by atoms with Gasteiger partial charge in [0.25, 0.3) is 0 Å². The van der Waals surface area contributed by atoms with E-state index >= 15 is 0 Å². The van der Waals surface area contributed by atoms with E-state index in [9.17, 15) is 26.9 Å². The second-order valence-corrected chi connectivity index (χ2v) is 8.08. The highest BCUT2D eigenvalue weighted by Gasteiger charge is 2.37. The summed E-state index contributed by atoms with van der Waals surface area (Å²) >= 11 is -1.58. The molecule has 10 heteroatoms. The molecule has 1 unspecified atom stereocenters. The lowest BCUT2D eigenvalue weighted by molar-refractivity contribution is -0.140. The van der Waals surface area contributed by atoms with Gasteiger partial charge in [-0.05, 0) is 45.4 Å². The van der Waals surface area contributed by atoms with Crippen molar-refractivity contribution < 1.29 is 32.0 Å². The van der Waals surface area contributed by atoms with Gasteiger partial charge in [-0.1, -0.05) is 0 Å². The molecule has 1 amide bonds. The Morgan fingerprint density at radius 1 is 1.29 bits per heavy atom. The lowest BCUT2D eigenvalue weighted by atomic mass is 10.0. The number of hydrogen-bond acceptors (Lipinski definition) is 3. The van der Waals surface area contributed by atoms with Crippen molar-refractivity contribution in [1.29, 1.82) is 0 Å². The zero-order valence-corrected chi connectivity index (χ0v) is 14.2. The predicted molar refractivity (Wildman–Crippen MR) is 82.5 cm³/mol. The molecule has 1 aromatic carbocycles. The number of amides is 1. The van der Waals surface area contributed by atoms with Crippen LogP contribution in [0.3, 0.4) is 0 Å². The molecule has 136 valence electrons. The van der Waals surface area contributed by atoms with Gasteiger partial charge in [-0.25, -0.2) is 9.18 Å². The van der Waals surface area contributed by atoms with Crippen LogP contribution in [-0.2, 0) is 17.5 Å². The van der Waals surface area contributed by atoms with Crippen LogP contribution in [0.4, 0.5) is 28.0 Å². The Bertz CT molecular complexity index is 617. The van der Waals surface area contributed by atoms with Crippen LogP contribution >= 0.6 is 0 Å². The van der Waals surface area contributed by atoms with Crippen molar-refractivity contribution in [3.63, 3.8) is 0 Å². The Morgan fingerprint density at radius 3 is 2.25 bits per heavy atom. The number of halogens is 4. The van der Waals surface area contributed by atoms with E-state index in [0.29, 0.717) is 6.07 Å². The highest BCUT2D eigenvalue weighted by atomic mass is 32.2. The van der Waals surface area contributed by atoms with Crippen molar-refractivity contribution in [2.24, 2.45) is 0 Å². The minimum Gasteiger partial charge on any atom is -0.598 e. The molecule has 0 aliphatic heterocycles. The number of alkyl halides is 3. The van der Waals surface area contributed by atoms with E-state index < -0.39 is 51.5 Å². The maximum absolute atomic E-state index is 13.9. The van der Waals surface area contributed by atoms with Crippen LogP contribution in [0.2, 0.25) is 0 Å². The van der Waals surface area contributed by atoms with E-state index in [1.165, 1.54) is 6.92 Å². The largest absolute Gasteiger partial charge is 0.598 e. The topological polar surface area (TPSA) is 84.4 Å². The molecule has 1 rings (SSSR count). The van der Waals surface area contributed by atoms with Crippen LogP contribution in [0.5, 0.6) is 0 Å². The lowest BCUT2D eigenvalue weighted by Gasteiger charge is -2.27. The van der Waals surface area contributed by atoms with Gasteiger partial charge in [-0.15, -0.1) is 4.72 Å². The predicted octanol–water partition coefficient (Wildman–Crippen LogP) is 4.05. The molecule has 24 heavy (non-hydrogen) atoms. The van der Waals surface area contributed by atoms with Crippen molar-refractivity contribution in [2.75, 3.05) is 5.32 Å². The van der Waals surface area contributed by atoms with Crippen LogP contribution in [0.1, 0.15) is 44.9 Å². The first kappa shape index (κ1) is 20.5. The molecule has 0 saturated carbocycles. The number of hydrogen-bond donors (Lipinski definition) is 3. The fourth-order valence-electron chi connectivity index (χ4n) is 1.71. The summed E-state index contributed by atoms with van der Waals surface area (Å²) in [5.41, 5.74) is -2.47. The number of nitrogens with one attached hydrogen (secondary N) is 2. The van der Waals surface area contributed by atoms with Gasteiger partial charge in [-0.3, -0.25) is 5.32 Å². The minimum atomic E-state index is -5.00. The number of anilines is 1. The van der Waals surface area contributed by atoms with Crippen LogP contribution < -0.4 is 10.0 Å². The fourth-order valence-corrected chi connectivity index (χ4v) is 2.53. The van der Waals surface area contributed by atoms with Crippen LogP contribution in [-0.4, -0.2) is 20.5 Å². The molecule has 0 fully saturated rings. The van der Waals surface area contributed by atoms with Crippen molar-refractivity contribution in [1.82, 2.24) is 4.72 Å². The molecule has 0 aliphatic carbocycles. The molecule has 2 atom stereocenters. The Balaban J connectivity index is 3.30. The van der Waals surface area contributed by atoms with Gasteiger partial charge in [0.1, 0.15) is 4.75 Å². The van der Waals surface area contributed by atoms with Crippen molar-refractivity contribution in [3.8, 4) is 0 Å². The number of rotatable bonds is 4. The van der Waals surface area contributed by atoms with Crippen LogP contribution in [0.15, 0.2) is 12.1 Å². The van der Waals surface area contributed by atoms with Gasteiger partial charge in [-0.2, -0.15) is 13.2 Å². The molecule has 0 saturated heterocycles. The van der Waals surface area contributed by atoms with E-state index in [-0.39, 0.29) is 5.56 Å². The average molecular weight is 370 g/mol. The van der Waals surface area contributed by atoms with E-state index in [1.54, 1.807) is 26.1 Å². The Kier molecular flexibility index (Phi) is 6.12. The average Bonchev–Trinajstić information content (AvgIpc) is 2.37. The van der Waals surface area contributed by atoms with Gasteiger partial charge < -0.3 is 9.66 Å². The summed E-state index contributed by atoms with van der Waals surface area (Å²) in [6.07, 6.45) is -6.70. The SMILES string of the molecule is CC(N[S@+]([O-])C(C)(C)C)c1cc(NC(=O)O)c(F)c(C(F)(F)F)c1. The van der Waals surface area contributed by atoms with Gasteiger partial charge in [0, 0.05) is 11.4 Å². The number of carbonyl (C=O) groups is 1. The number of carboxylic acid groups (broad SMARTS) is 1. The monoisotopic (exact) mass is 370 g/mol. The second-order valence-electron chi connectivity index (χ2n) is 6.08. The van der Waals surface area contributed by atoms with Crippen molar-refractivity contribution in [3.05, 3.63) is 29.1 Å². The smallest absolute Gasteiger partial charge is 0.419 e. The van der Waals surface area contributed by atoms with E-state index in [4.69, 9.17) is 5.11 Å². The fraction of sp³-hybridized carbons (Fsp3) is 0.500. The van der Waals surface area contributed by atoms with E-state index in [1.807, 2.05) is 0 Å². The molecule has 0 heterocycles. The standard InChI is InChI=1S/C14H18F4N2O3S/c1-7(20-24(23)13(2,3)4)8-5-9(14(16,17)18)11(15)10(6-8)19-12(21)22/h5-7,19-20H,1-4H3,(H,21,22)/t7?,24-/m1/s1. The van der Waals surface area contributed by atoms with Gasteiger partial charge in [0.2, 0.25) is 0 Å². The van der Waals surface area contributed by atoms with Crippen molar-refractivity contribution >= 4 is 23.1 Å².